The topological polar surface area (TPSA) is 53.4 Å². The van der Waals surface area contributed by atoms with E-state index in [0.29, 0.717) is 0 Å². The largest absolute Gasteiger partial charge is 0.478 e. The molecule has 5 heteroatoms. The molecule has 0 unspecified atom stereocenters. The number of hydrogen-bond acceptors (Lipinski definition) is 4. The Bertz CT molecular complexity index is 344. The number of carbonyl (C=O) groups is 1. The van der Waals surface area contributed by atoms with E-state index in [1.807, 2.05) is 19.0 Å². The van der Waals surface area contributed by atoms with E-state index in [-0.39, 0.29) is 0 Å². The molecule has 14 heavy (non-hydrogen) atoms. The number of carboxylic acids is 1. The van der Waals surface area contributed by atoms with Gasteiger partial charge in [-0.15, -0.1) is 11.3 Å². The lowest BCUT2D eigenvalue weighted by Gasteiger charge is -2.04. The van der Waals surface area contributed by atoms with Crippen LogP contribution in [0, 0.1) is 0 Å². The fourth-order valence-electron chi connectivity index (χ4n) is 0.898. The first kappa shape index (κ1) is 10.9. The van der Waals surface area contributed by atoms with Crippen molar-refractivity contribution in [2.24, 2.45) is 0 Å². The molecule has 0 aliphatic heterocycles. The molecule has 0 aliphatic carbocycles. The van der Waals surface area contributed by atoms with Crippen LogP contribution in [0.1, 0.15) is 9.88 Å². The molecule has 0 radical (unpaired) electrons. The van der Waals surface area contributed by atoms with Crippen LogP contribution >= 0.6 is 11.3 Å². The average Bonchev–Trinajstić information content (AvgIpc) is 2.47. The Hall–Kier alpha value is -1.20. The lowest BCUT2D eigenvalue weighted by Crippen LogP contribution is -2.09. The summed E-state index contributed by atoms with van der Waals surface area (Å²) in [5.41, 5.74) is 0. The van der Waals surface area contributed by atoms with Crippen molar-refractivity contribution in [3.05, 3.63) is 22.2 Å². The highest BCUT2D eigenvalue weighted by Gasteiger charge is 2.00. The van der Waals surface area contributed by atoms with Crippen molar-refractivity contribution in [2.45, 2.75) is 6.54 Å². The van der Waals surface area contributed by atoms with Crippen molar-refractivity contribution in [3.8, 4) is 0 Å². The Balaban J connectivity index is 2.63. The first-order valence-electron chi connectivity index (χ1n) is 4.08. The molecule has 0 aliphatic rings. The van der Waals surface area contributed by atoms with Gasteiger partial charge in [0.15, 0.2) is 0 Å². The zero-order chi connectivity index (χ0) is 10.6. The predicted molar refractivity (Wildman–Crippen MR) is 56.2 cm³/mol. The molecule has 0 atom stereocenters. The number of thiazole rings is 1. The molecule has 4 nitrogen and oxygen atoms in total. The summed E-state index contributed by atoms with van der Waals surface area (Å²) < 4.78 is 0. The predicted octanol–water partition coefficient (Wildman–Crippen LogP) is 1.30. The molecule has 0 fully saturated rings. The molecule has 0 amide bonds. The summed E-state index contributed by atoms with van der Waals surface area (Å²) in [4.78, 5) is 17.3. The molecule has 0 aromatic carbocycles. The van der Waals surface area contributed by atoms with Gasteiger partial charge in [0.25, 0.3) is 0 Å². The highest BCUT2D eigenvalue weighted by atomic mass is 32.1. The van der Waals surface area contributed by atoms with Gasteiger partial charge in [-0.2, -0.15) is 0 Å². The van der Waals surface area contributed by atoms with Gasteiger partial charge >= 0.3 is 5.97 Å². The first-order chi connectivity index (χ1) is 6.58. The summed E-state index contributed by atoms with van der Waals surface area (Å²) >= 11 is 1.50. The van der Waals surface area contributed by atoms with E-state index in [2.05, 4.69) is 4.98 Å². The minimum Gasteiger partial charge on any atom is -0.478 e. The fourth-order valence-corrected chi connectivity index (χ4v) is 1.84. The Morgan fingerprint density at radius 1 is 1.71 bits per heavy atom. The van der Waals surface area contributed by atoms with Crippen molar-refractivity contribution < 1.29 is 9.90 Å². The van der Waals surface area contributed by atoms with E-state index < -0.39 is 5.97 Å². The van der Waals surface area contributed by atoms with Crippen LogP contribution in [-0.2, 0) is 11.3 Å². The van der Waals surface area contributed by atoms with Crippen molar-refractivity contribution in [1.29, 1.82) is 0 Å². The second-order valence-corrected chi connectivity index (χ2v) is 4.21. The first-order valence-corrected chi connectivity index (χ1v) is 4.90. The van der Waals surface area contributed by atoms with Gasteiger partial charge in [-0.3, -0.25) is 0 Å². The van der Waals surface area contributed by atoms with Gasteiger partial charge in [0.1, 0.15) is 5.01 Å². The maximum atomic E-state index is 10.2. The third-order valence-electron chi connectivity index (χ3n) is 1.41. The van der Waals surface area contributed by atoms with Gasteiger partial charge in [-0.05, 0) is 20.2 Å². The van der Waals surface area contributed by atoms with Crippen LogP contribution in [-0.4, -0.2) is 35.1 Å². The lowest BCUT2D eigenvalue weighted by atomic mass is 10.4. The number of rotatable bonds is 4. The summed E-state index contributed by atoms with van der Waals surface area (Å²) in [6.07, 6.45) is 4.36. The molecule has 1 aromatic rings. The average molecular weight is 212 g/mol. The van der Waals surface area contributed by atoms with Crippen LogP contribution in [0.5, 0.6) is 0 Å². The molecule has 0 bridgehead atoms. The summed E-state index contributed by atoms with van der Waals surface area (Å²) in [6.45, 7) is 0.783. The van der Waals surface area contributed by atoms with Gasteiger partial charge in [0.2, 0.25) is 0 Å². The summed E-state index contributed by atoms with van der Waals surface area (Å²) in [7, 11) is 3.93. The maximum Gasteiger partial charge on any atom is 0.328 e. The monoisotopic (exact) mass is 212 g/mol. The SMILES string of the molecule is CN(C)Cc1ncc(/C=C/C(=O)O)s1. The molecule has 1 N–H and O–H groups in total. The van der Waals surface area contributed by atoms with E-state index >= 15 is 0 Å². The van der Waals surface area contributed by atoms with Crippen LogP contribution in [0.15, 0.2) is 12.3 Å². The Kier molecular flexibility index (Phi) is 3.79. The van der Waals surface area contributed by atoms with Crippen LogP contribution in [0.4, 0.5) is 0 Å². The summed E-state index contributed by atoms with van der Waals surface area (Å²) in [6, 6.07) is 0. The third-order valence-corrected chi connectivity index (χ3v) is 2.36. The molecular weight excluding hydrogens is 200 g/mol. The summed E-state index contributed by atoms with van der Waals surface area (Å²) in [5.74, 6) is -0.937. The van der Waals surface area contributed by atoms with E-state index in [0.717, 1.165) is 22.5 Å². The van der Waals surface area contributed by atoms with Crippen LogP contribution in [0.2, 0.25) is 0 Å². The molecular formula is C9H12N2O2S. The van der Waals surface area contributed by atoms with Crippen LogP contribution < -0.4 is 0 Å². The standard InChI is InChI=1S/C9H12N2O2S/c1-11(2)6-8-10-5-7(14-8)3-4-9(12)13/h3-5H,6H2,1-2H3,(H,12,13)/b4-3+. The zero-order valence-corrected chi connectivity index (χ0v) is 8.91. The number of aromatic nitrogens is 1. The van der Waals surface area contributed by atoms with E-state index in [1.54, 1.807) is 12.3 Å². The molecule has 0 saturated heterocycles. The second-order valence-electron chi connectivity index (χ2n) is 3.07. The van der Waals surface area contributed by atoms with Crippen LogP contribution in [0.25, 0.3) is 6.08 Å². The number of nitrogens with zero attached hydrogens (tertiary/aromatic N) is 2. The van der Waals surface area contributed by atoms with Gasteiger partial charge in [0.05, 0.1) is 0 Å². The molecule has 1 heterocycles. The van der Waals surface area contributed by atoms with Gasteiger partial charge < -0.3 is 10.0 Å². The maximum absolute atomic E-state index is 10.2. The van der Waals surface area contributed by atoms with E-state index in [4.69, 9.17) is 5.11 Å². The van der Waals surface area contributed by atoms with E-state index in [9.17, 15) is 4.79 Å². The normalized spacial score (nSPS) is 11.4. The molecule has 1 aromatic heterocycles. The minimum atomic E-state index is -0.937. The Morgan fingerprint density at radius 2 is 2.43 bits per heavy atom. The molecule has 0 spiro atoms. The molecule has 1 rings (SSSR count). The fraction of sp³-hybridized carbons (Fsp3) is 0.333. The number of aliphatic carboxylic acids is 1. The van der Waals surface area contributed by atoms with Gasteiger partial charge in [-0.25, -0.2) is 9.78 Å². The number of hydrogen-bond donors (Lipinski definition) is 1. The quantitative estimate of drug-likeness (QED) is 0.764. The van der Waals surface area contributed by atoms with Crippen molar-refractivity contribution >= 4 is 23.4 Å². The van der Waals surface area contributed by atoms with Crippen LogP contribution in [0.3, 0.4) is 0 Å². The van der Waals surface area contributed by atoms with E-state index in [1.165, 1.54) is 11.3 Å². The van der Waals surface area contributed by atoms with Crippen molar-refractivity contribution in [3.63, 3.8) is 0 Å². The van der Waals surface area contributed by atoms with Gasteiger partial charge in [-0.1, -0.05) is 0 Å². The molecule has 76 valence electrons. The second kappa shape index (κ2) is 4.88. The van der Waals surface area contributed by atoms with Crippen molar-refractivity contribution in [2.75, 3.05) is 14.1 Å². The lowest BCUT2D eigenvalue weighted by molar-refractivity contribution is -0.131. The smallest absolute Gasteiger partial charge is 0.328 e. The third kappa shape index (κ3) is 3.68. The van der Waals surface area contributed by atoms with Crippen molar-refractivity contribution in [1.82, 2.24) is 9.88 Å². The number of carboxylic acid groups (broad SMARTS) is 1. The Morgan fingerprint density at radius 3 is 3.00 bits per heavy atom. The molecule has 0 saturated carbocycles. The minimum absolute atomic E-state index is 0.783. The Labute approximate surface area is 86.5 Å². The van der Waals surface area contributed by atoms with Gasteiger partial charge in [0, 0.05) is 23.7 Å². The summed E-state index contributed by atoms with van der Waals surface area (Å²) in [5, 5.41) is 9.40. The highest BCUT2D eigenvalue weighted by molar-refractivity contribution is 7.12. The highest BCUT2D eigenvalue weighted by Crippen LogP contribution is 2.15. The zero-order valence-electron chi connectivity index (χ0n) is 8.10.